The first-order valence-electron chi connectivity index (χ1n) is 8.05. The molecule has 0 spiro atoms. The molecule has 3 aromatic heterocycles. The van der Waals surface area contributed by atoms with E-state index >= 15 is 0 Å². The maximum atomic E-state index is 4.64. The molecule has 1 aromatic carbocycles. The lowest BCUT2D eigenvalue weighted by atomic mass is 10.1. The van der Waals surface area contributed by atoms with Crippen molar-refractivity contribution in [3.05, 3.63) is 65.1 Å². The van der Waals surface area contributed by atoms with Gasteiger partial charge in [0.15, 0.2) is 5.65 Å². The van der Waals surface area contributed by atoms with Gasteiger partial charge in [0.2, 0.25) is 0 Å². The summed E-state index contributed by atoms with van der Waals surface area (Å²) in [6.45, 7) is 3.62. The molecule has 0 saturated carbocycles. The van der Waals surface area contributed by atoms with E-state index in [4.69, 9.17) is 0 Å². The van der Waals surface area contributed by atoms with Gasteiger partial charge in [-0.1, -0.05) is 34.8 Å². The Bertz CT molecular complexity index is 991. The van der Waals surface area contributed by atoms with Crippen molar-refractivity contribution < 1.29 is 0 Å². The van der Waals surface area contributed by atoms with Crippen molar-refractivity contribution in [1.29, 1.82) is 0 Å². The molecule has 0 aliphatic rings. The molecule has 6 nitrogen and oxygen atoms in total. The van der Waals surface area contributed by atoms with Gasteiger partial charge in [-0.3, -0.25) is 4.90 Å². The fourth-order valence-corrected chi connectivity index (χ4v) is 3.54. The zero-order chi connectivity index (χ0) is 17.2. The summed E-state index contributed by atoms with van der Waals surface area (Å²) < 4.78 is 5.85. The Morgan fingerprint density at radius 1 is 1.12 bits per heavy atom. The molecule has 25 heavy (non-hydrogen) atoms. The third-order valence-corrected chi connectivity index (χ3v) is 4.91. The third kappa shape index (κ3) is 3.29. The van der Waals surface area contributed by atoms with Gasteiger partial charge >= 0.3 is 0 Å². The number of hydrogen-bond donors (Lipinski definition) is 0. The number of aromatic nitrogens is 5. The van der Waals surface area contributed by atoms with Crippen molar-refractivity contribution in [2.75, 3.05) is 7.05 Å². The first-order chi connectivity index (χ1) is 12.2. The van der Waals surface area contributed by atoms with Crippen molar-refractivity contribution in [1.82, 2.24) is 29.1 Å². The molecule has 3 heterocycles. The summed E-state index contributed by atoms with van der Waals surface area (Å²) in [5, 5.41) is 8.54. The molecule has 4 aromatic rings. The average molecular weight is 350 g/mol. The largest absolute Gasteiger partial charge is 0.297 e. The molecule has 0 unspecified atom stereocenters. The van der Waals surface area contributed by atoms with Crippen molar-refractivity contribution in [2.24, 2.45) is 0 Å². The van der Waals surface area contributed by atoms with Crippen LogP contribution in [0.4, 0.5) is 0 Å². The lowest BCUT2D eigenvalue weighted by Crippen LogP contribution is -2.17. The second-order valence-corrected chi connectivity index (χ2v) is 6.95. The van der Waals surface area contributed by atoms with E-state index < -0.39 is 0 Å². The van der Waals surface area contributed by atoms with Gasteiger partial charge in [-0.25, -0.2) is 9.50 Å². The highest BCUT2D eigenvalue weighted by Gasteiger charge is 2.11. The standard InChI is InChI=1S/C18H18N6S/c1-13-17(25-22-21-13)12-23(2)10-14-8-19-18-16(9-20-24(18)11-14)15-6-4-3-5-7-15/h3-9,11H,10,12H2,1-2H3. The molecule has 0 aliphatic carbocycles. The number of nitrogens with zero attached hydrogens (tertiary/aromatic N) is 6. The summed E-state index contributed by atoms with van der Waals surface area (Å²) in [5.74, 6) is 0. The lowest BCUT2D eigenvalue weighted by Gasteiger charge is -2.15. The summed E-state index contributed by atoms with van der Waals surface area (Å²) in [6, 6.07) is 10.2. The van der Waals surface area contributed by atoms with E-state index in [1.165, 1.54) is 16.4 Å². The fourth-order valence-electron chi connectivity index (χ4n) is 2.83. The zero-order valence-corrected chi connectivity index (χ0v) is 14.9. The molecule has 0 amide bonds. The normalized spacial score (nSPS) is 11.5. The van der Waals surface area contributed by atoms with Crippen molar-refractivity contribution >= 4 is 17.2 Å². The fraction of sp³-hybridized carbons (Fsp3) is 0.222. The lowest BCUT2D eigenvalue weighted by molar-refractivity contribution is 0.320. The topological polar surface area (TPSA) is 59.2 Å². The second-order valence-electron chi connectivity index (χ2n) is 6.11. The van der Waals surface area contributed by atoms with Crippen LogP contribution in [0.3, 0.4) is 0 Å². The SMILES string of the molecule is Cc1nnsc1CN(C)Cc1cnc2c(-c3ccccc3)cnn2c1. The Balaban J connectivity index is 1.55. The van der Waals surface area contributed by atoms with Crippen LogP contribution in [0.5, 0.6) is 0 Å². The van der Waals surface area contributed by atoms with E-state index in [9.17, 15) is 0 Å². The minimum atomic E-state index is 0.792. The van der Waals surface area contributed by atoms with Crippen molar-refractivity contribution in [3.8, 4) is 11.1 Å². The molecule has 0 fully saturated rings. The van der Waals surface area contributed by atoms with E-state index in [0.29, 0.717) is 0 Å². The predicted molar refractivity (Wildman–Crippen MR) is 98.2 cm³/mol. The minimum Gasteiger partial charge on any atom is -0.297 e. The smallest absolute Gasteiger partial charge is 0.162 e. The zero-order valence-electron chi connectivity index (χ0n) is 14.1. The average Bonchev–Trinajstić information content (AvgIpc) is 3.22. The van der Waals surface area contributed by atoms with Crippen molar-refractivity contribution in [3.63, 3.8) is 0 Å². The first-order valence-corrected chi connectivity index (χ1v) is 8.82. The van der Waals surface area contributed by atoms with Gasteiger partial charge in [-0.05, 0) is 31.1 Å². The van der Waals surface area contributed by atoms with Crippen LogP contribution < -0.4 is 0 Å². The number of aryl methyl sites for hydroxylation is 1. The van der Waals surface area contributed by atoms with E-state index in [0.717, 1.165) is 41.1 Å². The van der Waals surface area contributed by atoms with Gasteiger partial charge in [-0.2, -0.15) is 5.10 Å². The van der Waals surface area contributed by atoms with Gasteiger partial charge in [-0.15, -0.1) is 5.10 Å². The van der Waals surface area contributed by atoms with Crippen LogP contribution in [0.25, 0.3) is 16.8 Å². The Morgan fingerprint density at radius 3 is 2.72 bits per heavy atom. The Hall–Kier alpha value is -2.64. The van der Waals surface area contributed by atoms with Crippen LogP contribution in [-0.2, 0) is 13.1 Å². The summed E-state index contributed by atoms with van der Waals surface area (Å²) in [6.07, 6.45) is 5.85. The number of rotatable bonds is 5. The molecule has 0 atom stereocenters. The maximum Gasteiger partial charge on any atom is 0.162 e. The van der Waals surface area contributed by atoms with Gasteiger partial charge in [0, 0.05) is 36.6 Å². The Morgan fingerprint density at radius 2 is 1.96 bits per heavy atom. The number of benzene rings is 1. The van der Waals surface area contributed by atoms with Gasteiger partial charge in [0.25, 0.3) is 0 Å². The summed E-state index contributed by atoms with van der Waals surface area (Å²) >= 11 is 1.46. The molecular formula is C18H18N6S. The van der Waals surface area contributed by atoms with Gasteiger partial charge in [0.05, 0.1) is 16.8 Å². The molecule has 0 radical (unpaired) electrons. The van der Waals surface area contributed by atoms with Crippen molar-refractivity contribution in [2.45, 2.75) is 20.0 Å². The highest BCUT2D eigenvalue weighted by molar-refractivity contribution is 7.05. The molecule has 126 valence electrons. The quantitative estimate of drug-likeness (QED) is 0.553. The van der Waals surface area contributed by atoms with Crippen LogP contribution in [0.2, 0.25) is 0 Å². The monoisotopic (exact) mass is 350 g/mol. The minimum absolute atomic E-state index is 0.792. The van der Waals surface area contributed by atoms with Crippen LogP contribution >= 0.6 is 11.5 Å². The van der Waals surface area contributed by atoms with Gasteiger partial charge in [0.1, 0.15) is 0 Å². The van der Waals surface area contributed by atoms with Crippen LogP contribution in [0.15, 0.2) is 48.9 Å². The highest BCUT2D eigenvalue weighted by Crippen LogP contribution is 2.23. The molecule has 7 heteroatoms. The number of hydrogen-bond acceptors (Lipinski definition) is 6. The summed E-state index contributed by atoms with van der Waals surface area (Å²) in [4.78, 5) is 8.06. The van der Waals surface area contributed by atoms with E-state index in [1.54, 1.807) is 0 Å². The number of fused-ring (bicyclic) bond motifs is 1. The van der Waals surface area contributed by atoms with Crippen LogP contribution in [0.1, 0.15) is 16.1 Å². The molecular weight excluding hydrogens is 332 g/mol. The molecule has 0 aliphatic heterocycles. The maximum absolute atomic E-state index is 4.64. The van der Waals surface area contributed by atoms with E-state index in [-0.39, 0.29) is 0 Å². The van der Waals surface area contributed by atoms with E-state index in [1.807, 2.05) is 48.2 Å². The first kappa shape index (κ1) is 15.9. The Kier molecular flexibility index (Phi) is 4.25. The van der Waals surface area contributed by atoms with E-state index in [2.05, 4.69) is 43.7 Å². The highest BCUT2D eigenvalue weighted by atomic mass is 32.1. The molecule has 0 N–H and O–H groups in total. The molecule has 0 bridgehead atoms. The second kappa shape index (κ2) is 6.70. The summed E-state index contributed by atoms with van der Waals surface area (Å²) in [5.41, 5.74) is 5.17. The summed E-state index contributed by atoms with van der Waals surface area (Å²) in [7, 11) is 2.09. The van der Waals surface area contributed by atoms with Crippen LogP contribution in [-0.4, -0.2) is 36.1 Å². The predicted octanol–water partition coefficient (Wildman–Crippen LogP) is 3.19. The van der Waals surface area contributed by atoms with Gasteiger partial charge < -0.3 is 0 Å². The van der Waals surface area contributed by atoms with Crippen LogP contribution in [0, 0.1) is 6.92 Å². The Labute approximate surface area is 149 Å². The third-order valence-electron chi connectivity index (χ3n) is 4.11. The molecule has 0 saturated heterocycles. The molecule has 4 rings (SSSR count).